The molecule has 0 saturated carbocycles. The van der Waals surface area contributed by atoms with E-state index in [9.17, 15) is 19.0 Å². The van der Waals surface area contributed by atoms with Gasteiger partial charge in [0.1, 0.15) is 6.61 Å². The first-order valence-corrected chi connectivity index (χ1v) is 21.9. The van der Waals surface area contributed by atoms with E-state index < -0.39 is 32.5 Å². The third kappa shape index (κ3) is 40.2. The smallest absolute Gasteiger partial charge is 0.462 e. The molecule has 0 aromatic carbocycles. The van der Waals surface area contributed by atoms with Gasteiger partial charge < -0.3 is 20.1 Å². The summed E-state index contributed by atoms with van der Waals surface area (Å²) in [7, 11) is -4.40. The van der Waals surface area contributed by atoms with Crippen LogP contribution >= 0.6 is 7.82 Å². The summed E-state index contributed by atoms with van der Waals surface area (Å²) in [5.41, 5.74) is 5.33. The Kier molecular flexibility index (Phi) is 37.9. The highest BCUT2D eigenvalue weighted by atomic mass is 31.2. The molecule has 0 radical (unpaired) electrons. The molecule has 0 aliphatic carbocycles. The summed E-state index contributed by atoms with van der Waals surface area (Å²) in [5.74, 6) is -0.930. The van der Waals surface area contributed by atoms with Gasteiger partial charge in [-0.1, -0.05) is 130 Å². The molecule has 310 valence electrons. The topological polar surface area (TPSA) is 134 Å². The normalized spacial score (nSPS) is 14.5. The van der Waals surface area contributed by atoms with Crippen molar-refractivity contribution in [2.75, 3.05) is 26.4 Å². The lowest BCUT2D eigenvalue weighted by atomic mass is 10.1. The molecule has 10 heteroatoms. The zero-order valence-corrected chi connectivity index (χ0v) is 34.7. The van der Waals surface area contributed by atoms with Crippen LogP contribution in [0.4, 0.5) is 0 Å². The SMILES string of the molecule is CCC=CCC=CCC=CCC=CCC=CCCCCCC(=O)OC[C@H](COP(=O)(O)OCCN)OC(=O)CCCCC=CCC=CCC=CCC=CCC. The van der Waals surface area contributed by atoms with Gasteiger partial charge in [0.05, 0.1) is 13.2 Å². The number of phosphoric ester groups is 1. The van der Waals surface area contributed by atoms with Gasteiger partial charge in [-0.2, -0.15) is 0 Å². The minimum Gasteiger partial charge on any atom is -0.462 e. The van der Waals surface area contributed by atoms with E-state index in [-0.39, 0.29) is 32.6 Å². The van der Waals surface area contributed by atoms with Gasteiger partial charge in [-0.25, -0.2) is 4.57 Å². The minimum absolute atomic E-state index is 0.0349. The number of nitrogens with two attached hydrogens (primary N) is 1. The van der Waals surface area contributed by atoms with Crippen molar-refractivity contribution in [3.8, 4) is 0 Å². The first-order chi connectivity index (χ1) is 26.8. The molecule has 0 amide bonds. The maximum atomic E-state index is 12.5. The number of esters is 2. The lowest BCUT2D eigenvalue weighted by Gasteiger charge is -2.19. The lowest BCUT2D eigenvalue weighted by molar-refractivity contribution is -0.161. The summed E-state index contributed by atoms with van der Waals surface area (Å²) >= 11 is 0. The fourth-order valence-electron chi connectivity index (χ4n) is 4.71. The Bertz CT molecular complexity index is 1260. The van der Waals surface area contributed by atoms with E-state index in [0.29, 0.717) is 12.8 Å². The number of carbonyl (C=O) groups excluding carboxylic acids is 2. The van der Waals surface area contributed by atoms with E-state index in [1.807, 2.05) is 0 Å². The summed E-state index contributed by atoms with van der Waals surface area (Å²) in [5, 5.41) is 0. The van der Waals surface area contributed by atoms with E-state index >= 15 is 0 Å². The molecule has 0 spiro atoms. The summed E-state index contributed by atoms with van der Waals surface area (Å²) in [6.45, 7) is 3.37. The number of rotatable bonds is 36. The van der Waals surface area contributed by atoms with E-state index in [1.54, 1.807) is 0 Å². The van der Waals surface area contributed by atoms with Crippen molar-refractivity contribution in [1.29, 1.82) is 0 Å². The van der Waals surface area contributed by atoms with Crippen LogP contribution in [0.5, 0.6) is 0 Å². The Hall–Kier alpha value is -3.33. The average Bonchev–Trinajstić information content (AvgIpc) is 3.17. The number of unbranched alkanes of at least 4 members (excludes halogenated alkanes) is 5. The average molecular weight is 786 g/mol. The van der Waals surface area contributed by atoms with Crippen LogP contribution in [0.1, 0.15) is 129 Å². The van der Waals surface area contributed by atoms with Gasteiger partial charge >= 0.3 is 19.8 Å². The van der Waals surface area contributed by atoms with Crippen molar-refractivity contribution in [2.24, 2.45) is 5.73 Å². The van der Waals surface area contributed by atoms with Gasteiger partial charge in [-0.3, -0.25) is 18.6 Å². The Morgan fingerprint density at radius 3 is 1.40 bits per heavy atom. The molecule has 0 aliphatic heterocycles. The third-order valence-electron chi connectivity index (χ3n) is 7.65. The summed E-state index contributed by atoms with van der Waals surface area (Å²) in [6.07, 6.45) is 52.7. The van der Waals surface area contributed by atoms with E-state index in [1.165, 1.54) is 0 Å². The summed E-state index contributed by atoms with van der Waals surface area (Å²) in [6, 6.07) is 0. The molecule has 0 aliphatic rings. The van der Waals surface area contributed by atoms with Crippen LogP contribution in [0, 0.1) is 0 Å². The molecule has 0 bridgehead atoms. The van der Waals surface area contributed by atoms with Crippen molar-refractivity contribution < 1.29 is 37.6 Å². The van der Waals surface area contributed by atoms with Crippen LogP contribution < -0.4 is 5.73 Å². The Balaban J connectivity index is 4.34. The largest absolute Gasteiger partial charge is 0.472 e. The second-order valence-corrected chi connectivity index (χ2v) is 14.2. The molecule has 2 atom stereocenters. The van der Waals surface area contributed by atoms with Crippen molar-refractivity contribution in [2.45, 2.75) is 136 Å². The Labute approximate surface area is 333 Å². The predicted molar refractivity (Wildman–Crippen MR) is 228 cm³/mol. The summed E-state index contributed by atoms with van der Waals surface area (Å²) in [4.78, 5) is 34.8. The van der Waals surface area contributed by atoms with Gasteiger partial charge in [0.2, 0.25) is 0 Å². The van der Waals surface area contributed by atoms with Gasteiger partial charge in [-0.15, -0.1) is 0 Å². The highest BCUT2D eigenvalue weighted by molar-refractivity contribution is 7.47. The molecule has 0 saturated heterocycles. The fourth-order valence-corrected chi connectivity index (χ4v) is 5.47. The van der Waals surface area contributed by atoms with Crippen LogP contribution in [0.15, 0.2) is 109 Å². The highest BCUT2D eigenvalue weighted by Gasteiger charge is 2.25. The van der Waals surface area contributed by atoms with Gasteiger partial charge in [0.25, 0.3) is 0 Å². The lowest BCUT2D eigenvalue weighted by Crippen LogP contribution is -2.29. The molecular formula is C45H72NO8P. The molecule has 0 heterocycles. The molecule has 0 aromatic rings. The van der Waals surface area contributed by atoms with Crippen LogP contribution in [-0.4, -0.2) is 49.3 Å². The zero-order valence-electron chi connectivity index (χ0n) is 33.9. The minimum atomic E-state index is -4.40. The molecule has 3 N–H and O–H groups in total. The first kappa shape index (κ1) is 51.7. The number of hydrogen-bond donors (Lipinski definition) is 2. The second-order valence-electron chi connectivity index (χ2n) is 12.7. The second kappa shape index (κ2) is 40.3. The van der Waals surface area contributed by atoms with Crippen LogP contribution in [-0.2, 0) is 32.7 Å². The maximum Gasteiger partial charge on any atom is 0.472 e. The van der Waals surface area contributed by atoms with Crippen molar-refractivity contribution in [3.63, 3.8) is 0 Å². The quantitative estimate of drug-likeness (QED) is 0.0275. The van der Waals surface area contributed by atoms with Gasteiger partial charge in [-0.05, 0) is 96.3 Å². The van der Waals surface area contributed by atoms with Gasteiger partial charge in [0.15, 0.2) is 6.10 Å². The van der Waals surface area contributed by atoms with E-state index in [0.717, 1.165) is 89.9 Å². The molecule has 9 nitrogen and oxygen atoms in total. The first-order valence-electron chi connectivity index (χ1n) is 20.4. The molecular weight excluding hydrogens is 713 g/mol. The van der Waals surface area contributed by atoms with Crippen LogP contribution in [0.2, 0.25) is 0 Å². The number of hydrogen-bond acceptors (Lipinski definition) is 8. The maximum absolute atomic E-state index is 12.5. The number of phosphoric acid groups is 1. The molecule has 0 aromatic heterocycles. The van der Waals surface area contributed by atoms with Crippen LogP contribution in [0.25, 0.3) is 0 Å². The molecule has 0 fully saturated rings. The number of allylic oxidation sites excluding steroid dienone is 18. The van der Waals surface area contributed by atoms with Gasteiger partial charge in [0, 0.05) is 19.4 Å². The molecule has 1 unspecified atom stereocenters. The number of ether oxygens (including phenoxy) is 2. The predicted octanol–water partition coefficient (Wildman–Crippen LogP) is 11.6. The zero-order chi connectivity index (χ0) is 40.3. The van der Waals surface area contributed by atoms with Crippen molar-refractivity contribution in [3.05, 3.63) is 109 Å². The van der Waals surface area contributed by atoms with E-state index in [2.05, 4.69) is 123 Å². The number of carbonyl (C=O) groups is 2. The molecule has 0 rings (SSSR count). The van der Waals surface area contributed by atoms with Crippen molar-refractivity contribution in [1.82, 2.24) is 0 Å². The summed E-state index contributed by atoms with van der Waals surface area (Å²) < 4.78 is 32.6. The Morgan fingerprint density at radius 2 is 0.945 bits per heavy atom. The van der Waals surface area contributed by atoms with Crippen LogP contribution in [0.3, 0.4) is 0 Å². The third-order valence-corrected chi connectivity index (χ3v) is 8.64. The fraction of sp³-hybridized carbons (Fsp3) is 0.556. The monoisotopic (exact) mass is 785 g/mol. The van der Waals surface area contributed by atoms with E-state index in [4.69, 9.17) is 24.3 Å². The highest BCUT2D eigenvalue weighted by Crippen LogP contribution is 2.43. The van der Waals surface area contributed by atoms with Crippen molar-refractivity contribution >= 4 is 19.8 Å². The molecule has 55 heavy (non-hydrogen) atoms. The standard InChI is InChI=1S/C45H72NO8P/c1-3-5-7-9-11-13-15-17-19-20-21-22-24-25-27-29-31-33-35-37-44(47)51-41-43(42-53-55(49,50)52-40-39-46)54-45(48)38-36-34-32-30-28-26-23-18-16-14-12-10-8-6-4-2/h5-8,11-14,17-19,21-23,25,27-28,30,43H,3-4,9-10,15-16,20,24,26,29,31-42,46H2,1-2H3,(H,49,50)/t43-/m1/s1. The Morgan fingerprint density at radius 1 is 0.545 bits per heavy atom.